The first kappa shape index (κ1) is 19.1. The minimum absolute atomic E-state index is 0.0201. The number of aromatic nitrogens is 3. The van der Waals surface area contributed by atoms with Gasteiger partial charge in [0.1, 0.15) is 17.7 Å². The SMILES string of the molecule is C=CC(=O)NC1CCN(c2ccc3ncnc(Nc4cccc(Cl)c4F)c3n2)C1. The molecule has 148 valence electrons. The van der Waals surface area contributed by atoms with Gasteiger partial charge in [0.25, 0.3) is 0 Å². The summed E-state index contributed by atoms with van der Waals surface area (Å²) >= 11 is 5.86. The fraction of sp³-hybridized carbons (Fsp3) is 0.200. The first-order valence-electron chi connectivity index (χ1n) is 9.06. The number of nitrogens with zero attached hydrogens (tertiary/aromatic N) is 4. The number of carbonyl (C=O) groups is 1. The topological polar surface area (TPSA) is 83.0 Å². The number of rotatable bonds is 5. The zero-order chi connectivity index (χ0) is 20.4. The predicted molar refractivity (Wildman–Crippen MR) is 111 cm³/mol. The largest absolute Gasteiger partial charge is 0.354 e. The van der Waals surface area contributed by atoms with Crippen molar-refractivity contribution in [2.75, 3.05) is 23.3 Å². The van der Waals surface area contributed by atoms with Gasteiger partial charge in [0, 0.05) is 19.1 Å². The molecule has 0 aliphatic carbocycles. The van der Waals surface area contributed by atoms with E-state index < -0.39 is 5.82 Å². The van der Waals surface area contributed by atoms with Crippen LogP contribution in [-0.4, -0.2) is 40.0 Å². The number of nitrogens with one attached hydrogen (secondary N) is 2. The molecule has 1 unspecified atom stereocenters. The number of amides is 1. The van der Waals surface area contributed by atoms with E-state index in [9.17, 15) is 9.18 Å². The van der Waals surface area contributed by atoms with Crippen LogP contribution in [0.4, 0.5) is 21.7 Å². The van der Waals surface area contributed by atoms with Gasteiger partial charge in [0.05, 0.1) is 16.2 Å². The van der Waals surface area contributed by atoms with Crippen molar-refractivity contribution >= 4 is 45.9 Å². The summed E-state index contributed by atoms with van der Waals surface area (Å²) in [5.74, 6) is 0.371. The summed E-state index contributed by atoms with van der Waals surface area (Å²) < 4.78 is 14.3. The average molecular weight is 413 g/mol. The Morgan fingerprint density at radius 1 is 1.31 bits per heavy atom. The Kier molecular flexibility index (Phi) is 5.26. The van der Waals surface area contributed by atoms with E-state index in [0.29, 0.717) is 23.4 Å². The number of hydrogen-bond acceptors (Lipinski definition) is 6. The smallest absolute Gasteiger partial charge is 0.243 e. The minimum Gasteiger partial charge on any atom is -0.354 e. The number of fused-ring (bicyclic) bond motifs is 1. The van der Waals surface area contributed by atoms with Crippen LogP contribution in [0.3, 0.4) is 0 Å². The van der Waals surface area contributed by atoms with Gasteiger partial charge >= 0.3 is 0 Å². The van der Waals surface area contributed by atoms with Gasteiger partial charge in [0.15, 0.2) is 11.6 Å². The van der Waals surface area contributed by atoms with E-state index in [1.807, 2.05) is 12.1 Å². The van der Waals surface area contributed by atoms with Crippen LogP contribution in [0.15, 0.2) is 49.3 Å². The quantitative estimate of drug-likeness (QED) is 0.624. The Bertz CT molecular complexity index is 1090. The van der Waals surface area contributed by atoms with Gasteiger partial charge in [-0.1, -0.05) is 24.2 Å². The Morgan fingerprint density at radius 2 is 2.17 bits per heavy atom. The molecular weight excluding hydrogens is 395 g/mol. The highest BCUT2D eigenvalue weighted by Gasteiger charge is 2.24. The van der Waals surface area contributed by atoms with Gasteiger partial charge in [-0.25, -0.2) is 19.3 Å². The molecule has 2 N–H and O–H groups in total. The summed E-state index contributed by atoms with van der Waals surface area (Å²) in [5.41, 5.74) is 1.35. The zero-order valence-electron chi connectivity index (χ0n) is 15.4. The number of benzene rings is 1. The molecular formula is C20H18ClFN6O. The predicted octanol–water partition coefficient (Wildman–Crippen LogP) is 3.44. The summed E-state index contributed by atoms with van der Waals surface area (Å²) in [6.07, 6.45) is 3.47. The molecule has 29 heavy (non-hydrogen) atoms. The molecule has 1 fully saturated rings. The first-order chi connectivity index (χ1) is 14.0. The van der Waals surface area contributed by atoms with Crippen LogP contribution in [0.2, 0.25) is 5.02 Å². The van der Waals surface area contributed by atoms with Gasteiger partial charge in [-0.15, -0.1) is 0 Å². The van der Waals surface area contributed by atoms with Crippen LogP contribution in [0.5, 0.6) is 0 Å². The summed E-state index contributed by atoms with van der Waals surface area (Å²) in [4.78, 5) is 26.8. The molecule has 7 nitrogen and oxygen atoms in total. The molecule has 3 heterocycles. The molecule has 4 rings (SSSR count). The Hall–Kier alpha value is -3.26. The molecule has 1 amide bonds. The molecule has 1 atom stereocenters. The summed E-state index contributed by atoms with van der Waals surface area (Å²) in [5, 5.41) is 5.88. The van der Waals surface area contributed by atoms with Crippen LogP contribution in [0.25, 0.3) is 11.0 Å². The second-order valence-corrected chi connectivity index (χ2v) is 7.04. The van der Waals surface area contributed by atoms with Crippen LogP contribution in [0, 0.1) is 5.82 Å². The fourth-order valence-corrected chi connectivity index (χ4v) is 3.45. The average Bonchev–Trinajstić information content (AvgIpc) is 3.19. The summed E-state index contributed by atoms with van der Waals surface area (Å²) in [6, 6.07) is 8.45. The number of pyridine rings is 1. The maximum Gasteiger partial charge on any atom is 0.243 e. The second-order valence-electron chi connectivity index (χ2n) is 6.63. The van der Waals surface area contributed by atoms with E-state index >= 15 is 0 Å². The number of anilines is 3. The molecule has 1 saturated heterocycles. The molecule has 2 aromatic heterocycles. The maximum atomic E-state index is 14.3. The Morgan fingerprint density at radius 3 is 3.00 bits per heavy atom. The van der Waals surface area contributed by atoms with Gasteiger partial charge in [-0.05, 0) is 36.8 Å². The third-order valence-electron chi connectivity index (χ3n) is 4.72. The lowest BCUT2D eigenvalue weighted by Crippen LogP contribution is -2.36. The van der Waals surface area contributed by atoms with E-state index in [-0.39, 0.29) is 22.7 Å². The minimum atomic E-state index is -0.558. The fourth-order valence-electron chi connectivity index (χ4n) is 3.27. The lowest BCUT2D eigenvalue weighted by molar-refractivity contribution is -0.117. The van der Waals surface area contributed by atoms with Crippen molar-refractivity contribution in [2.24, 2.45) is 0 Å². The highest BCUT2D eigenvalue weighted by molar-refractivity contribution is 6.31. The van der Waals surface area contributed by atoms with E-state index in [1.54, 1.807) is 12.1 Å². The van der Waals surface area contributed by atoms with Crippen molar-refractivity contribution in [3.63, 3.8) is 0 Å². The highest BCUT2D eigenvalue weighted by Crippen LogP contribution is 2.28. The molecule has 0 spiro atoms. The normalized spacial score (nSPS) is 16.1. The van der Waals surface area contributed by atoms with Crippen LogP contribution < -0.4 is 15.5 Å². The summed E-state index contributed by atoms with van der Waals surface area (Å²) in [7, 11) is 0. The second kappa shape index (κ2) is 8.00. The van der Waals surface area contributed by atoms with E-state index in [0.717, 1.165) is 18.8 Å². The molecule has 9 heteroatoms. The van der Waals surface area contributed by atoms with Crippen molar-refractivity contribution in [3.05, 3.63) is 60.2 Å². The molecule has 0 radical (unpaired) electrons. The van der Waals surface area contributed by atoms with Gasteiger partial charge < -0.3 is 15.5 Å². The van der Waals surface area contributed by atoms with E-state index in [2.05, 4.69) is 37.1 Å². The lowest BCUT2D eigenvalue weighted by atomic mass is 10.2. The number of halogens is 2. The van der Waals surface area contributed by atoms with Crippen LogP contribution in [0.1, 0.15) is 6.42 Å². The van der Waals surface area contributed by atoms with Crippen molar-refractivity contribution in [3.8, 4) is 0 Å². The van der Waals surface area contributed by atoms with E-state index in [4.69, 9.17) is 11.6 Å². The molecule has 3 aromatic rings. The van der Waals surface area contributed by atoms with Crippen molar-refractivity contribution < 1.29 is 9.18 Å². The van der Waals surface area contributed by atoms with Crippen molar-refractivity contribution in [2.45, 2.75) is 12.5 Å². The zero-order valence-corrected chi connectivity index (χ0v) is 16.2. The maximum absolute atomic E-state index is 14.3. The Balaban J connectivity index is 1.62. The molecule has 0 bridgehead atoms. The van der Waals surface area contributed by atoms with Crippen LogP contribution in [-0.2, 0) is 4.79 Å². The van der Waals surface area contributed by atoms with Crippen LogP contribution >= 0.6 is 11.6 Å². The number of hydrogen-bond donors (Lipinski definition) is 2. The Labute approximate surface area is 171 Å². The monoisotopic (exact) mass is 412 g/mol. The summed E-state index contributed by atoms with van der Waals surface area (Å²) in [6.45, 7) is 4.86. The third-order valence-corrected chi connectivity index (χ3v) is 5.01. The van der Waals surface area contributed by atoms with Gasteiger partial charge in [-0.3, -0.25) is 4.79 Å². The highest BCUT2D eigenvalue weighted by atomic mass is 35.5. The standard InChI is InChI=1S/C20H18ClFN6O/c1-2-17(29)25-12-8-9-28(10-12)16-7-6-15-19(27-16)20(24-11-23-15)26-14-5-3-4-13(21)18(14)22/h2-7,11-12H,1,8-10H2,(H,25,29)(H,23,24,26). The van der Waals surface area contributed by atoms with Crippen molar-refractivity contribution in [1.82, 2.24) is 20.3 Å². The molecule has 0 saturated carbocycles. The van der Waals surface area contributed by atoms with Gasteiger partial charge in [0.2, 0.25) is 5.91 Å². The molecule has 1 aliphatic rings. The van der Waals surface area contributed by atoms with Gasteiger partial charge in [-0.2, -0.15) is 0 Å². The van der Waals surface area contributed by atoms with E-state index in [1.165, 1.54) is 18.5 Å². The number of carbonyl (C=O) groups excluding carboxylic acids is 1. The first-order valence-corrected chi connectivity index (χ1v) is 9.43. The van der Waals surface area contributed by atoms with Crippen molar-refractivity contribution in [1.29, 1.82) is 0 Å². The molecule has 1 aromatic carbocycles. The third kappa shape index (κ3) is 3.97. The lowest BCUT2D eigenvalue weighted by Gasteiger charge is -2.18. The molecule has 1 aliphatic heterocycles.